The van der Waals surface area contributed by atoms with Crippen LogP contribution in [-0.2, 0) is 9.59 Å². The Morgan fingerprint density at radius 2 is 1.62 bits per heavy atom. The van der Waals surface area contributed by atoms with Crippen LogP contribution in [0.15, 0.2) is 4.99 Å². The molecule has 0 aromatic heterocycles. The number of carbonyl (C=O) groups is 2. The van der Waals surface area contributed by atoms with Crippen molar-refractivity contribution in [2.45, 2.75) is 90.0 Å². The van der Waals surface area contributed by atoms with Gasteiger partial charge in [-0.3, -0.25) is 4.79 Å². The third-order valence-corrected chi connectivity index (χ3v) is 4.10. The largest absolute Gasteiger partial charge is 0.480 e. The molecule has 0 saturated carbocycles. The Morgan fingerprint density at radius 3 is 2.17 bits per heavy atom. The number of carbonyl (C=O) groups excluding carboxylic acids is 1. The van der Waals surface area contributed by atoms with Gasteiger partial charge < -0.3 is 10.4 Å². The maximum Gasteiger partial charge on any atom is 0.326 e. The number of hydrogen-bond acceptors (Lipinski definition) is 4. The average molecular weight is 357 g/mol. The number of thiocarbonyl (C=S) groups is 1. The Hall–Kier alpha value is -1.26. The minimum absolute atomic E-state index is 0.177. The van der Waals surface area contributed by atoms with Crippen LogP contribution in [-0.4, -0.2) is 34.7 Å². The Kier molecular flexibility index (Phi) is 15.7. The first kappa shape index (κ1) is 22.7. The number of nitrogens with one attached hydrogen (secondary N) is 1. The first-order valence-corrected chi connectivity index (χ1v) is 9.58. The quantitative estimate of drug-likeness (QED) is 0.245. The molecule has 0 heterocycles. The fourth-order valence-corrected chi connectivity index (χ4v) is 2.63. The molecule has 0 aliphatic heterocycles. The van der Waals surface area contributed by atoms with Crippen molar-refractivity contribution >= 4 is 29.3 Å². The molecule has 0 rings (SSSR count). The number of carboxylic acids is 1. The van der Waals surface area contributed by atoms with Crippen LogP contribution < -0.4 is 5.32 Å². The highest BCUT2D eigenvalue weighted by atomic mass is 32.1. The molecule has 24 heavy (non-hydrogen) atoms. The number of aliphatic carboxylic acids is 1. The van der Waals surface area contributed by atoms with Crippen LogP contribution in [0.4, 0.5) is 0 Å². The summed E-state index contributed by atoms with van der Waals surface area (Å²) < 4.78 is 0. The molecule has 6 heteroatoms. The van der Waals surface area contributed by atoms with E-state index in [1.54, 1.807) is 0 Å². The highest BCUT2D eigenvalue weighted by Gasteiger charge is 2.18. The van der Waals surface area contributed by atoms with Gasteiger partial charge in [0.25, 0.3) is 0 Å². The Labute approximate surface area is 151 Å². The summed E-state index contributed by atoms with van der Waals surface area (Å²) in [7, 11) is 0. The number of nitrogens with zero attached hydrogens (tertiary/aromatic N) is 1. The normalized spacial score (nSPS) is 11.5. The van der Waals surface area contributed by atoms with Crippen molar-refractivity contribution in [2.75, 3.05) is 6.54 Å². The molecule has 0 aromatic carbocycles. The van der Waals surface area contributed by atoms with Gasteiger partial charge in [0.2, 0.25) is 5.91 Å². The smallest absolute Gasteiger partial charge is 0.326 e. The molecule has 0 aliphatic carbocycles. The van der Waals surface area contributed by atoms with Crippen LogP contribution in [0.2, 0.25) is 0 Å². The Balaban J connectivity index is 3.69. The van der Waals surface area contributed by atoms with E-state index in [-0.39, 0.29) is 5.91 Å². The molecule has 0 saturated heterocycles. The van der Waals surface area contributed by atoms with Crippen LogP contribution >= 0.6 is 12.2 Å². The van der Waals surface area contributed by atoms with E-state index in [1.807, 2.05) is 0 Å². The molecule has 0 fully saturated rings. The van der Waals surface area contributed by atoms with Crippen molar-refractivity contribution in [1.82, 2.24) is 5.32 Å². The van der Waals surface area contributed by atoms with Crippen LogP contribution in [0.5, 0.6) is 0 Å². The molecule has 1 unspecified atom stereocenters. The van der Waals surface area contributed by atoms with Crippen LogP contribution in [0.3, 0.4) is 0 Å². The summed E-state index contributed by atoms with van der Waals surface area (Å²) in [5.41, 5.74) is 0. The summed E-state index contributed by atoms with van der Waals surface area (Å²) in [4.78, 5) is 26.7. The molecule has 0 aliphatic rings. The van der Waals surface area contributed by atoms with Gasteiger partial charge in [-0.15, -0.1) is 0 Å². The predicted molar refractivity (Wildman–Crippen MR) is 101 cm³/mol. The number of aliphatic imine (C=N–C) groups is 1. The zero-order valence-corrected chi connectivity index (χ0v) is 15.7. The lowest BCUT2D eigenvalue weighted by atomic mass is 10.1. The topological polar surface area (TPSA) is 78.8 Å². The predicted octanol–water partition coefficient (Wildman–Crippen LogP) is 4.36. The fraction of sp³-hybridized carbons (Fsp3) is 0.833. The maximum absolute atomic E-state index is 11.8. The molecule has 5 nitrogen and oxygen atoms in total. The zero-order chi connectivity index (χ0) is 18.0. The van der Waals surface area contributed by atoms with E-state index in [0.29, 0.717) is 25.8 Å². The maximum atomic E-state index is 11.8. The van der Waals surface area contributed by atoms with Gasteiger partial charge in [-0.2, -0.15) is 0 Å². The summed E-state index contributed by atoms with van der Waals surface area (Å²) in [5.74, 6) is -1.18. The van der Waals surface area contributed by atoms with Gasteiger partial charge in [-0.1, -0.05) is 58.3 Å². The molecule has 1 amide bonds. The molecular formula is C18H32N2O3S. The molecule has 0 bridgehead atoms. The lowest BCUT2D eigenvalue weighted by molar-refractivity contribution is -0.142. The second-order valence-corrected chi connectivity index (χ2v) is 6.33. The lowest BCUT2D eigenvalue weighted by Crippen LogP contribution is -2.40. The Morgan fingerprint density at radius 1 is 1.04 bits per heavy atom. The lowest BCUT2D eigenvalue weighted by Gasteiger charge is -2.13. The number of carboxylic acid groups (broad SMARTS) is 1. The van der Waals surface area contributed by atoms with Crippen LogP contribution in [0.1, 0.15) is 84.0 Å². The molecule has 0 radical (unpaired) electrons. The fourth-order valence-electron chi connectivity index (χ4n) is 2.54. The van der Waals surface area contributed by atoms with E-state index in [1.165, 1.54) is 38.5 Å². The van der Waals surface area contributed by atoms with Gasteiger partial charge in [-0.25, -0.2) is 9.79 Å². The summed E-state index contributed by atoms with van der Waals surface area (Å²) in [6.07, 6.45) is 12.1. The van der Waals surface area contributed by atoms with Crippen molar-refractivity contribution in [2.24, 2.45) is 4.99 Å². The van der Waals surface area contributed by atoms with Gasteiger partial charge in [-0.05, 0) is 31.5 Å². The van der Waals surface area contributed by atoms with E-state index in [4.69, 9.17) is 5.11 Å². The summed E-state index contributed by atoms with van der Waals surface area (Å²) in [6, 6.07) is -0.837. The number of rotatable bonds is 16. The SMILES string of the molecule is CCCCCCCCCCCC(=O)NC(CCCN=C=S)C(=O)O. The van der Waals surface area contributed by atoms with E-state index in [0.717, 1.165) is 19.3 Å². The van der Waals surface area contributed by atoms with Gasteiger partial charge in [0.15, 0.2) is 0 Å². The van der Waals surface area contributed by atoms with Gasteiger partial charge in [0, 0.05) is 13.0 Å². The highest BCUT2D eigenvalue weighted by Crippen LogP contribution is 2.10. The second kappa shape index (κ2) is 16.6. The molecule has 0 spiro atoms. The number of amides is 1. The summed E-state index contributed by atoms with van der Waals surface area (Å²) in [5, 5.41) is 14.0. The van der Waals surface area contributed by atoms with E-state index >= 15 is 0 Å². The van der Waals surface area contributed by atoms with E-state index < -0.39 is 12.0 Å². The van der Waals surface area contributed by atoms with Gasteiger partial charge >= 0.3 is 5.97 Å². The van der Waals surface area contributed by atoms with E-state index in [9.17, 15) is 9.59 Å². The number of isothiocyanates is 1. The number of hydrogen-bond donors (Lipinski definition) is 2. The molecule has 138 valence electrons. The molecule has 1 atom stereocenters. The van der Waals surface area contributed by atoms with E-state index in [2.05, 4.69) is 34.6 Å². The van der Waals surface area contributed by atoms with Gasteiger partial charge in [0.05, 0.1) is 5.16 Å². The summed E-state index contributed by atoms with van der Waals surface area (Å²) in [6.45, 7) is 2.66. The molecule has 2 N–H and O–H groups in total. The van der Waals surface area contributed by atoms with Gasteiger partial charge in [0.1, 0.15) is 6.04 Å². The average Bonchev–Trinajstić information content (AvgIpc) is 2.56. The molecule has 0 aromatic rings. The minimum Gasteiger partial charge on any atom is -0.480 e. The zero-order valence-electron chi connectivity index (χ0n) is 14.9. The Bertz CT molecular complexity index is 396. The third kappa shape index (κ3) is 14.3. The third-order valence-electron chi connectivity index (χ3n) is 3.97. The minimum atomic E-state index is -0.998. The first-order valence-electron chi connectivity index (χ1n) is 9.17. The van der Waals surface area contributed by atoms with Crippen LogP contribution in [0.25, 0.3) is 0 Å². The molecular weight excluding hydrogens is 324 g/mol. The van der Waals surface area contributed by atoms with Crippen LogP contribution in [0, 0.1) is 0 Å². The monoisotopic (exact) mass is 356 g/mol. The first-order chi connectivity index (χ1) is 11.6. The highest BCUT2D eigenvalue weighted by molar-refractivity contribution is 7.78. The van der Waals surface area contributed by atoms with Crippen molar-refractivity contribution < 1.29 is 14.7 Å². The van der Waals surface area contributed by atoms with Crippen molar-refractivity contribution in [1.29, 1.82) is 0 Å². The number of unbranched alkanes of at least 4 members (excludes halogenated alkanes) is 8. The second-order valence-electron chi connectivity index (χ2n) is 6.15. The standard InChI is InChI=1S/C18H32N2O3S/c1-2-3-4-5-6-7-8-9-10-13-17(21)20-16(18(22)23)12-11-14-19-15-24/h16H,2-14H2,1H3,(H,20,21)(H,22,23). The van der Waals surface area contributed by atoms with Crippen molar-refractivity contribution in [3.63, 3.8) is 0 Å². The van der Waals surface area contributed by atoms with Crippen molar-refractivity contribution in [3.8, 4) is 0 Å². The summed E-state index contributed by atoms with van der Waals surface area (Å²) >= 11 is 4.45. The van der Waals surface area contributed by atoms with Crippen molar-refractivity contribution in [3.05, 3.63) is 0 Å².